The molecule has 0 aliphatic carbocycles. The molecule has 0 aromatic rings. The molecule has 0 radical (unpaired) electrons. The quantitative estimate of drug-likeness (QED) is 0.791. The Labute approximate surface area is 113 Å². The Morgan fingerprint density at radius 1 is 1.24 bits per heavy atom. The lowest BCUT2D eigenvalue weighted by molar-refractivity contribution is -0.121. The van der Waals surface area contributed by atoms with Crippen LogP contribution in [0.5, 0.6) is 0 Å². The normalized spacial score (nSPS) is 20.0. The Morgan fingerprint density at radius 2 is 1.82 bits per heavy atom. The Bertz CT molecular complexity index is 225. The summed E-state index contributed by atoms with van der Waals surface area (Å²) in [5.41, 5.74) is 0. The second kappa shape index (κ2) is 8.09. The Balaban J connectivity index is 2.15. The molecule has 3 nitrogen and oxygen atoms in total. The third-order valence-corrected chi connectivity index (χ3v) is 4.73. The number of carbonyl (C=O) groups is 1. The monoisotopic (exact) mass is 304 g/mol. The highest BCUT2D eigenvalue weighted by molar-refractivity contribution is 9.10. The highest BCUT2D eigenvalue weighted by Gasteiger charge is 2.18. The average molecular weight is 305 g/mol. The van der Waals surface area contributed by atoms with E-state index in [2.05, 4.69) is 26.1 Å². The lowest BCUT2D eigenvalue weighted by Gasteiger charge is -2.20. The maximum Gasteiger partial charge on any atom is 0.234 e. The third kappa shape index (κ3) is 5.87. The topological polar surface area (TPSA) is 32.3 Å². The van der Waals surface area contributed by atoms with Gasteiger partial charge in [0.25, 0.3) is 0 Å². The predicted molar refractivity (Wildman–Crippen MR) is 75.5 cm³/mol. The van der Waals surface area contributed by atoms with Gasteiger partial charge in [-0.05, 0) is 31.8 Å². The molecule has 1 amide bonds. The summed E-state index contributed by atoms with van der Waals surface area (Å²) in [4.78, 5) is 14.1. The first-order valence-electron chi connectivity index (χ1n) is 6.75. The van der Waals surface area contributed by atoms with Gasteiger partial charge >= 0.3 is 0 Å². The van der Waals surface area contributed by atoms with Crippen molar-refractivity contribution in [2.75, 3.05) is 26.2 Å². The number of likely N-dealkylation sites (tertiary alicyclic amines) is 1. The zero-order valence-corrected chi connectivity index (χ0v) is 12.6. The van der Waals surface area contributed by atoms with E-state index in [9.17, 15) is 4.79 Å². The van der Waals surface area contributed by atoms with E-state index >= 15 is 0 Å². The molecule has 1 aliphatic heterocycles. The predicted octanol–water partition coefficient (Wildman–Crippen LogP) is 2.40. The summed E-state index contributed by atoms with van der Waals surface area (Å²) in [6.45, 7) is 8.24. The van der Waals surface area contributed by atoms with Crippen molar-refractivity contribution >= 4 is 21.8 Å². The van der Waals surface area contributed by atoms with Crippen molar-refractivity contribution in [3.8, 4) is 0 Å². The summed E-state index contributed by atoms with van der Waals surface area (Å²) in [6, 6.07) is 0. The molecular formula is C13H25BrN2O. The van der Waals surface area contributed by atoms with Gasteiger partial charge in [-0.2, -0.15) is 0 Å². The molecule has 100 valence electrons. The maximum absolute atomic E-state index is 11.7. The lowest BCUT2D eigenvalue weighted by Crippen LogP contribution is -2.39. The van der Waals surface area contributed by atoms with Gasteiger partial charge in [-0.25, -0.2) is 0 Å². The van der Waals surface area contributed by atoms with Crippen LogP contribution in [0, 0.1) is 5.92 Å². The summed E-state index contributed by atoms with van der Waals surface area (Å²) in [6.07, 6.45) is 5.33. The molecule has 1 aliphatic rings. The van der Waals surface area contributed by atoms with Crippen LogP contribution in [0.15, 0.2) is 0 Å². The first-order chi connectivity index (χ1) is 8.11. The fraction of sp³-hybridized carbons (Fsp3) is 0.923. The van der Waals surface area contributed by atoms with Crippen LogP contribution >= 0.6 is 15.9 Å². The molecule has 1 heterocycles. The minimum absolute atomic E-state index is 0.0633. The molecule has 0 aromatic heterocycles. The smallest absolute Gasteiger partial charge is 0.234 e. The van der Waals surface area contributed by atoms with Crippen molar-refractivity contribution in [3.05, 3.63) is 0 Å². The molecule has 0 saturated carbocycles. The van der Waals surface area contributed by atoms with Crippen LogP contribution in [0.3, 0.4) is 0 Å². The Kier molecular flexibility index (Phi) is 7.12. The highest BCUT2D eigenvalue weighted by atomic mass is 79.9. The van der Waals surface area contributed by atoms with Crippen LogP contribution in [0.25, 0.3) is 0 Å². The number of hydrogen-bond donors (Lipinski definition) is 1. The first-order valence-corrected chi connectivity index (χ1v) is 7.67. The lowest BCUT2D eigenvalue weighted by atomic mass is 10.1. The zero-order chi connectivity index (χ0) is 12.7. The van der Waals surface area contributed by atoms with Gasteiger partial charge in [0.15, 0.2) is 0 Å². The summed E-state index contributed by atoms with van der Waals surface area (Å²) in [7, 11) is 0. The highest BCUT2D eigenvalue weighted by Crippen LogP contribution is 2.11. The van der Waals surface area contributed by atoms with Crippen molar-refractivity contribution in [3.63, 3.8) is 0 Å². The van der Waals surface area contributed by atoms with Crippen LogP contribution in [-0.4, -0.2) is 41.8 Å². The zero-order valence-electron chi connectivity index (χ0n) is 11.0. The SMILES string of the molecule is CC(C)C(Br)C(=O)NCCN1CCCCCC1. The molecule has 0 bridgehead atoms. The van der Waals surface area contributed by atoms with E-state index in [1.54, 1.807) is 0 Å². The number of halogens is 1. The standard InChI is InChI=1S/C13H25BrN2O/c1-11(2)12(14)13(17)15-7-10-16-8-5-3-4-6-9-16/h11-12H,3-10H2,1-2H3,(H,15,17). The van der Waals surface area contributed by atoms with E-state index in [0.29, 0.717) is 5.92 Å². The molecule has 4 heteroatoms. The summed E-state index contributed by atoms with van der Waals surface area (Å²) in [5, 5.41) is 3.00. The number of nitrogens with zero attached hydrogens (tertiary/aromatic N) is 1. The molecule has 0 spiro atoms. The molecule has 1 N–H and O–H groups in total. The van der Waals surface area contributed by atoms with Gasteiger partial charge in [0, 0.05) is 13.1 Å². The largest absolute Gasteiger partial charge is 0.354 e. The van der Waals surface area contributed by atoms with Gasteiger partial charge in [-0.3, -0.25) is 4.79 Å². The van der Waals surface area contributed by atoms with E-state index in [-0.39, 0.29) is 10.7 Å². The Hall–Kier alpha value is -0.0900. The van der Waals surface area contributed by atoms with E-state index < -0.39 is 0 Å². The van der Waals surface area contributed by atoms with Crippen LogP contribution in [-0.2, 0) is 4.79 Å². The molecular weight excluding hydrogens is 280 g/mol. The number of alkyl halides is 1. The van der Waals surface area contributed by atoms with Gasteiger partial charge in [-0.1, -0.05) is 42.6 Å². The van der Waals surface area contributed by atoms with Crippen molar-refractivity contribution in [2.45, 2.75) is 44.4 Å². The number of hydrogen-bond acceptors (Lipinski definition) is 2. The van der Waals surface area contributed by atoms with Crippen molar-refractivity contribution in [1.82, 2.24) is 10.2 Å². The Morgan fingerprint density at radius 3 is 2.35 bits per heavy atom. The maximum atomic E-state index is 11.7. The molecule has 17 heavy (non-hydrogen) atoms. The minimum Gasteiger partial charge on any atom is -0.354 e. The van der Waals surface area contributed by atoms with Crippen LogP contribution in [0.2, 0.25) is 0 Å². The van der Waals surface area contributed by atoms with Gasteiger partial charge < -0.3 is 10.2 Å². The molecule has 1 atom stereocenters. The molecule has 1 unspecified atom stereocenters. The van der Waals surface area contributed by atoms with Crippen molar-refractivity contribution in [2.24, 2.45) is 5.92 Å². The molecule has 0 aromatic carbocycles. The molecule has 1 saturated heterocycles. The van der Waals surface area contributed by atoms with Gasteiger partial charge in [-0.15, -0.1) is 0 Å². The third-order valence-electron chi connectivity index (χ3n) is 3.26. The van der Waals surface area contributed by atoms with Crippen LogP contribution < -0.4 is 5.32 Å². The van der Waals surface area contributed by atoms with E-state index in [1.165, 1.54) is 38.8 Å². The van der Waals surface area contributed by atoms with E-state index in [4.69, 9.17) is 0 Å². The van der Waals surface area contributed by atoms with Gasteiger partial charge in [0.1, 0.15) is 0 Å². The molecule has 1 rings (SSSR count). The van der Waals surface area contributed by atoms with Gasteiger partial charge in [0.2, 0.25) is 5.91 Å². The number of rotatable bonds is 5. The van der Waals surface area contributed by atoms with Crippen LogP contribution in [0.4, 0.5) is 0 Å². The van der Waals surface area contributed by atoms with Crippen LogP contribution in [0.1, 0.15) is 39.5 Å². The number of nitrogens with one attached hydrogen (secondary N) is 1. The summed E-state index contributed by atoms with van der Waals surface area (Å²) < 4.78 is 0. The first kappa shape index (κ1) is 15.0. The van der Waals surface area contributed by atoms with Gasteiger partial charge in [0.05, 0.1) is 4.83 Å². The second-order valence-electron chi connectivity index (χ2n) is 5.19. The summed E-state index contributed by atoms with van der Waals surface area (Å²) >= 11 is 3.42. The fourth-order valence-electron chi connectivity index (χ4n) is 2.10. The number of carbonyl (C=O) groups excluding carboxylic acids is 1. The average Bonchev–Trinajstić information content (AvgIpc) is 2.56. The molecule has 1 fully saturated rings. The summed E-state index contributed by atoms with van der Waals surface area (Å²) in [5.74, 6) is 0.461. The number of amides is 1. The van der Waals surface area contributed by atoms with Crippen molar-refractivity contribution < 1.29 is 4.79 Å². The minimum atomic E-state index is -0.0633. The fourth-order valence-corrected chi connectivity index (χ4v) is 2.26. The van der Waals surface area contributed by atoms with E-state index in [0.717, 1.165) is 13.1 Å². The van der Waals surface area contributed by atoms with Crippen molar-refractivity contribution in [1.29, 1.82) is 0 Å². The van der Waals surface area contributed by atoms with E-state index in [1.807, 2.05) is 13.8 Å². The second-order valence-corrected chi connectivity index (χ2v) is 6.18.